The molecule has 0 aliphatic carbocycles. The van der Waals surface area contributed by atoms with Gasteiger partial charge in [-0.2, -0.15) is 0 Å². The molecular formula is C25H29N7O2. The third kappa shape index (κ3) is 6.84. The summed E-state index contributed by atoms with van der Waals surface area (Å²) in [5, 5.41) is 5.76. The van der Waals surface area contributed by atoms with Crippen molar-refractivity contribution < 1.29 is 9.59 Å². The largest absolute Gasteiger partial charge is 0.368 e. The summed E-state index contributed by atoms with van der Waals surface area (Å²) in [4.78, 5) is 37.4. The van der Waals surface area contributed by atoms with Crippen LogP contribution in [0.4, 0.5) is 11.6 Å². The summed E-state index contributed by atoms with van der Waals surface area (Å²) in [7, 11) is 0. The highest BCUT2D eigenvalue weighted by Gasteiger charge is 2.19. The highest BCUT2D eigenvalue weighted by Crippen LogP contribution is 2.20. The maximum atomic E-state index is 12.8. The van der Waals surface area contributed by atoms with Crippen LogP contribution in [0.3, 0.4) is 0 Å². The molecule has 4 N–H and O–H groups in total. The van der Waals surface area contributed by atoms with E-state index in [9.17, 15) is 9.59 Å². The van der Waals surface area contributed by atoms with Gasteiger partial charge in [0.15, 0.2) is 5.82 Å². The van der Waals surface area contributed by atoms with Crippen molar-refractivity contribution in [2.75, 3.05) is 49.9 Å². The van der Waals surface area contributed by atoms with Crippen LogP contribution in [0, 0.1) is 0 Å². The normalized spacial score (nSPS) is 14.5. The summed E-state index contributed by atoms with van der Waals surface area (Å²) in [6.45, 7) is 4.62. The molecule has 0 spiro atoms. The minimum Gasteiger partial charge on any atom is -0.368 e. The van der Waals surface area contributed by atoms with E-state index in [4.69, 9.17) is 5.73 Å². The Balaban J connectivity index is 1.35. The molecule has 0 saturated carbocycles. The van der Waals surface area contributed by atoms with E-state index in [1.165, 1.54) is 5.56 Å². The van der Waals surface area contributed by atoms with Gasteiger partial charge in [-0.3, -0.25) is 19.4 Å². The number of nitrogens with one attached hydrogen (secondary N) is 2. The summed E-state index contributed by atoms with van der Waals surface area (Å²) in [5.74, 6) is 0.581. The van der Waals surface area contributed by atoms with Crippen LogP contribution in [0.15, 0.2) is 66.7 Å². The van der Waals surface area contributed by atoms with Gasteiger partial charge in [0, 0.05) is 44.4 Å². The number of nitrogens with two attached hydrogens (primary N) is 1. The van der Waals surface area contributed by atoms with Crippen molar-refractivity contribution in [2.45, 2.75) is 6.54 Å². The Bertz CT molecular complexity index is 1100. The zero-order chi connectivity index (χ0) is 23.8. The predicted octanol–water partition coefficient (Wildman–Crippen LogP) is 1.80. The van der Waals surface area contributed by atoms with Crippen molar-refractivity contribution in [3.63, 3.8) is 0 Å². The molecule has 0 radical (unpaired) electrons. The smallest absolute Gasteiger partial charge is 0.239 e. The average molecular weight is 460 g/mol. The lowest BCUT2D eigenvalue weighted by Gasteiger charge is -2.34. The fraction of sp³-hybridized carbons (Fsp3) is 0.280. The summed E-state index contributed by atoms with van der Waals surface area (Å²) >= 11 is 0. The van der Waals surface area contributed by atoms with Gasteiger partial charge in [0.25, 0.3) is 0 Å². The number of carbonyl (C=O) groups excluding carboxylic acids is 2. The topological polar surface area (TPSA) is 116 Å². The van der Waals surface area contributed by atoms with Gasteiger partial charge in [-0.15, -0.1) is 0 Å². The minimum absolute atomic E-state index is 0.0636. The molecule has 3 aromatic rings. The van der Waals surface area contributed by atoms with Crippen LogP contribution in [-0.4, -0.2) is 70.9 Å². The number of hydrogen-bond donors (Lipinski definition) is 3. The highest BCUT2D eigenvalue weighted by atomic mass is 16.2. The molecule has 2 aromatic carbocycles. The second kappa shape index (κ2) is 11.4. The van der Waals surface area contributed by atoms with Crippen molar-refractivity contribution in [1.29, 1.82) is 0 Å². The van der Waals surface area contributed by atoms with Crippen LogP contribution in [0.1, 0.15) is 5.56 Å². The van der Waals surface area contributed by atoms with Gasteiger partial charge in [-0.05, 0) is 5.56 Å². The van der Waals surface area contributed by atoms with E-state index in [2.05, 4.69) is 54.7 Å². The third-order valence-electron chi connectivity index (χ3n) is 5.55. The monoisotopic (exact) mass is 459 g/mol. The molecule has 0 unspecified atom stereocenters. The zero-order valence-corrected chi connectivity index (χ0v) is 19.0. The van der Waals surface area contributed by atoms with Gasteiger partial charge in [0.2, 0.25) is 11.8 Å². The highest BCUT2D eigenvalue weighted by molar-refractivity contribution is 5.92. The first-order chi connectivity index (χ1) is 16.5. The average Bonchev–Trinajstić information content (AvgIpc) is 2.85. The molecule has 9 nitrogen and oxygen atoms in total. The number of nitrogens with zero attached hydrogens (tertiary/aromatic N) is 4. The van der Waals surface area contributed by atoms with Crippen molar-refractivity contribution in [3.8, 4) is 11.4 Å². The van der Waals surface area contributed by atoms with Crippen molar-refractivity contribution in [1.82, 2.24) is 19.8 Å². The number of hydrogen-bond acceptors (Lipinski definition) is 7. The number of carbonyl (C=O) groups is 2. The Morgan fingerprint density at radius 2 is 1.47 bits per heavy atom. The van der Waals surface area contributed by atoms with Gasteiger partial charge >= 0.3 is 0 Å². The summed E-state index contributed by atoms with van der Waals surface area (Å²) in [5.41, 5.74) is 7.34. The lowest BCUT2D eigenvalue weighted by Crippen LogP contribution is -2.48. The molecule has 2 heterocycles. The summed E-state index contributed by atoms with van der Waals surface area (Å²) < 4.78 is 0. The van der Waals surface area contributed by atoms with Crippen LogP contribution in [0.25, 0.3) is 11.4 Å². The number of rotatable bonds is 9. The van der Waals surface area contributed by atoms with Crippen LogP contribution >= 0.6 is 0 Å². The number of amides is 2. The van der Waals surface area contributed by atoms with E-state index < -0.39 is 5.91 Å². The first-order valence-electron chi connectivity index (χ1n) is 11.3. The molecular weight excluding hydrogens is 430 g/mol. The van der Waals surface area contributed by atoms with Gasteiger partial charge < -0.3 is 16.4 Å². The molecule has 4 rings (SSSR count). The SMILES string of the molecule is NC(=O)CNc1cc(NC(=O)CN2CCN(Cc3ccccc3)CC2)nc(-c2ccccc2)n1. The summed E-state index contributed by atoms with van der Waals surface area (Å²) in [6, 6.07) is 21.5. The van der Waals surface area contributed by atoms with E-state index in [0.29, 0.717) is 17.5 Å². The Morgan fingerprint density at radius 1 is 0.853 bits per heavy atom. The van der Waals surface area contributed by atoms with E-state index in [0.717, 1.165) is 38.3 Å². The molecule has 1 saturated heterocycles. The molecule has 1 aromatic heterocycles. The first-order valence-corrected chi connectivity index (χ1v) is 11.3. The van der Waals surface area contributed by atoms with Crippen molar-refractivity contribution in [2.24, 2.45) is 5.73 Å². The molecule has 176 valence electrons. The lowest BCUT2D eigenvalue weighted by molar-refractivity contribution is -0.118. The third-order valence-corrected chi connectivity index (χ3v) is 5.55. The quantitative estimate of drug-likeness (QED) is 0.447. The standard InChI is InChI=1S/C25H29N7O2/c26-21(33)16-27-22-15-23(30-25(29-22)20-9-5-2-6-10-20)28-24(34)18-32-13-11-31(12-14-32)17-19-7-3-1-4-8-19/h1-10,15H,11-14,16-18H2,(H2,26,33)(H2,27,28,29,30,34). The van der Waals surface area contributed by atoms with Gasteiger partial charge in [0.05, 0.1) is 13.1 Å². The zero-order valence-electron chi connectivity index (χ0n) is 19.0. The number of aromatic nitrogens is 2. The Hall–Kier alpha value is -3.82. The van der Waals surface area contributed by atoms with Crippen LogP contribution in [0.2, 0.25) is 0 Å². The Morgan fingerprint density at radius 3 is 2.15 bits per heavy atom. The number of primary amides is 1. The first kappa shape index (κ1) is 23.3. The number of piperazine rings is 1. The van der Waals surface area contributed by atoms with Gasteiger partial charge in [0.1, 0.15) is 11.6 Å². The Kier molecular flexibility index (Phi) is 7.79. The van der Waals surface area contributed by atoms with Crippen molar-refractivity contribution >= 4 is 23.5 Å². The molecule has 1 aliphatic rings. The predicted molar refractivity (Wildman–Crippen MR) is 132 cm³/mol. The van der Waals surface area contributed by atoms with Crippen LogP contribution in [-0.2, 0) is 16.1 Å². The number of benzene rings is 2. The maximum absolute atomic E-state index is 12.8. The van der Waals surface area contributed by atoms with Crippen molar-refractivity contribution in [3.05, 3.63) is 72.3 Å². The molecule has 1 aliphatic heterocycles. The fourth-order valence-electron chi connectivity index (χ4n) is 3.83. The van der Waals surface area contributed by atoms with E-state index in [-0.39, 0.29) is 19.0 Å². The van der Waals surface area contributed by atoms with E-state index in [1.54, 1.807) is 6.07 Å². The lowest BCUT2D eigenvalue weighted by atomic mass is 10.2. The fourth-order valence-corrected chi connectivity index (χ4v) is 3.83. The maximum Gasteiger partial charge on any atom is 0.239 e. The second-order valence-electron chi connectivity index (χ2n) is 8.23. The van der Waals surface area contributed by atoms with Gasteiger partial charge in [-0.25, -0.2) is 9.97 Å². The van der Waals surface area contributed by atoms with Gasteiger partial charge in [-0.1, -0.05) is 60.7 Å². The molecule has 0 atom stereocenters. The van der Waals surface area contributed by atoms with E-state index in [1.807, 2.05) is 36.4 Å². The molecule has 2 amide bonds. The van der Waals surface area contributed by atoms with Crippen LogP contribution < -0.4 is 16.4 Å². The molecule has 9 heteroatoms. The molecule has 1 fully saturated rings. The molecule has 34 heavy (non-hydrogen) atoms. The number of anilines is 2. The Labute approximate surface area is 199 Å². The minimum atomic E-state index is -0.503. The molecule has 0 bridgehead atoms. The van der Waals surface area contributed by atoms with E-state index >= 15 is 0 Å². The summed E-state index contributed by atoms with van der Waals surface area (Å²) in [6.07, 6.45) is 0. The van der Waals surface area contributed by atoms with Crippen LogP contribution in [0.5, 0.6) is 0 Å². The second-order valence-corrected chi connectivity index (χ2v) is 8.23.